The quantitative estimate of drug-likeness (QED) is 0.730. The molecule has 0 saturated carbocycles. The molecule has 0 aliphatic rings. The Morgan fingerprint density at radius 3 is 2.48 bits per heavy atom. The second kappa shape index (κ2) is 8.96. The highest BCUT2D eigenvalue weighted by atomic mass is 32.2. The molecule has 0 atom stereocenters. The summed E-state index contributed by atoms with van der Waals surface area (Å²) in [4.78, 5) is 7.09. The van der Waals surface area contributed by atoms with E-state index in [0.29, 0.717) is 0 Å². The van der Waals surface area contributed by atoms with E-state index in [1.165, 1.54) is 15.4 Å². The molecular formula is C19H26N2OS. The van der Waals surface area contributed by atoms with Crippen molar-refractivity contribution >= 4 is 11.8 Å². The van der Waals surface area contributed by atoms with Crippen molar-refractivity contribution in [1.29, 1.82) is 0 Å². The molecule has 2 aromatic carbocycles. The highest BCUT2D eigenvalue weighted by molar-refractivity contribution is 7.99. The molecule has 0 unspecified atom stereocenters. The molecule has 0 aliphatic heterocycles. The Balaban J connectivity index is 2.07. The molecule has 2 aromatic rings. The number of methoxy groups -OCH3 is 1. The summed E-state index contributed by atoms with van der Waals surface area (Å²) in [6.07, 6.45) is 0. The lowest BCUT2D eigenvalue weighted by Gasteiger charge is -2.20. The lowest BCUT2D eigenvalue weighted by atomic mass is 10.2. The van der Waals surface area contributed by atoms with E-state index in [2.05, 4.69) is 67.3 Å². The lowest BCUT2D eigenvalue weighted by molar-refractivity contribution is 0.275. The Labute approximate surface area is 144 Å². The molecule has 2 rings (SSSR count). The Morgan fingerprint density at radius 1 is 0.957 bits per heavy atom. The number of hydrogen-bond acceptors (Lipinski definition) is 4. The molecule has 0 N–H and O–H groups in total. The fourth-order valence-electron chi connectivity index (χ4n) is 2.27. The highest BCUT2D eigenvalue weighted by Gasteiger charge is 2.08. The maximum atomic E-state index is 5.32. The van der Waals surface area contributed by atoms with Crippen molar-refractivity contribution in [3.63, 3.8) is 0 Å². The standard InChI is InChI=1S/C19H26N2OS/c1-20(2)12-13-21(3)15-16-8-5-6-11-19(16)23-18-10-7-9-17(14-18)22-4/h5-11,14H,12-13,15H2,1-4H3. The van der Waals surface area contributed by atoms with Crippen LogP contribution in [0.3, 0.4) is 0 Å². The van der Waals surface area contributed by atoms with Crippen molar-refractivity contribution in [2.75, 3.05) is 41.3 Å². The van der Waals surface area contributed by atoms with E-state index < -0.39 is 0 Å². The molecule has 0 radical (unpaired) electrons. The summed E-state index contributed by atoms with van der Waals surface area (Å²) in [6.45, 7) is 3.09. The van der Waals surface area contributed by atoms with Gasteiger partial charge in [-0.2, -0.15) is 0 Å². The van der Waals surface area contributed by atoms with Crippen LogP contribution >= 0.6 is 11.8 Å². The fourth-order valence-corrected chi connectivity index (χ4v) is 3.25. The summed E-state index contributed by atoms with van der Waals surface area (Å²) in [5.74, 6) is 0.899. The molecule has 4 heteroatoms. The zero-order valence-corrected chi connectivity index (χ0v) is 15.3. The van der Waals surface area contributed by atoms with Crippen molar-refractivity contribution in [2.45, 2.75) is 16.3 Å². The van der Waals surface area contributed by atoms with Crippen molar-refractivity contribution in [1.82, 2.24) is 9.80 Å². The van der Waals surface area contributed by atoms with Crippen LogP contribution in [0.15, 0.2) is 58.3 Å². The van der Waals surface area contributed by atoms with Gasteiger partial charge in [0.1, 0.15) is 5.75 Å². The first-order valence-corrected chi connectivity index (χ1v) is 8.63. The van der Waals surface area contributed by atoms with Crippen LogP contribution in [-0.4, -0.2) is 51.1 Å². The van der Waals surface area contributed by atoms with Crippen LogP contribution in [-0.2, 0) is 6.54 Å². The molecule has 124 valence electrons. The van der Waals surface area contributed by atoms with Crippen molar-refractivity contribution in [3.05, 3.63) is 54.1 Å². The van der Waals surface area contributed by atoms with Gasteiger partial charge in [-0.3, -0.25) is 0 Å². The minimum Gasteiger partial charge on any atom is -0.497 e. The topological polar surface area (TPSA) is 15.7 Å². The SMILES string of the molecule is COc1cccc(Sc2ccccc2CN(C)CCN(C)C)c1. The normalized spacial score (nSPS) is 11.2. The second-order valence-corrected chi connectivity index (χ2v) is 7.05. The van der Waals surface area contributed by atoms with Gasteiger partial charge in [0.05, 0.1) is 7.11 Å². The fraction of sp³-hybridized carbons (Fsp3) is 0.368. The van der Waals surface area contributed by atoms with E-state index >= 15 is 0 Å². The van der Waals surface area contributed by atoms with Gasteiger partial charge < -0.3 is 14.5 Å². The maximum absolute atomic E-state index is 5.32. The molecule has 0 amide bonds. The van der Waals surface area contributed by atoms with E-state index in [4.69, 9.17) is 4.74 Å². The van der Waals surface area contributed by atoms with Gasteiger partial charge in [0, 0.05) is 29.4 Å². The second-order valence-electron chi connectivity index (χ2n) is 5.93. The molecule has 0 heterocycles. The average molecular weight is 330 g/mol. The van der Waals surface area contributed by atoms with Crippen LogP contribution in [0.5, 0.6) is 5.75 Å². The largest absolute Gasteiger partial charge is 0.497 e. The molecule has 0 aliphatic carbocycles. The van der Waals surface area contributed by atoms with Gasteiger partial charge in [0.25, 0.3) is 0 Å². The van der Waals surface area contributed by atoms with E-state index in [9.17, 15) is 0 Å². The zero-order valence-electron chi connectivity index (χ0n) is 14.5. The first-order chi connectivity index (χ1) is 11.1. The molecule has 0 spiro atoms. The maximum Gasteiger partial charge on any atom is 0.119 e. The summed E-state index contributed by atoms with van der Waals surface area (Å²) in [6, 6.07) is 16.8. The average Bonchev–Trinajstić information content (AvgIpc) is 2.55. The number of hydrogen-bond donors (Lipinski definition) is 0. The molecule has 0 saturated heterocycles. The van der Waals surface area contributed by atoms with Crippen LogP contribution < -0.4 is 4.74 Å². The summed E-state index contributed by atoms with van der Waals surface area (Å²) in [5, 5.41) is 0. The van der Waals surface area contributed by atoms with Crippen molar-refractivity contribution in [2.24, 2.45) is 0 Å². The third-order valence-corrected chi connectivity index (χ3v) is 4.72. The number of nitrogens with zero attached hydrogens (tertiary/aromatic N) is 2. The number of ether oxygens (including phenoxy) is 1. The molecular weight excluding hydrogens is 304 g/mol. The van der Waals surface area contributed by atoms with E-state index in [-0.39, 0.29) is 0 Å². The van der Waals surface area contributed by atoms with E-state index in [1.807, 2.05) is 12.1 Å². The molecule has 0 fully saturated rings. The summed E-state index contributed by atoms with van der Waals surface area (Å²) < 4.78 is 5.32. The van der Waals surface area contributed by atoms with Crippen LogP contribution in [0.25, 0.3) is 0 Å². The Hall–Kier alpha value is -1.49. The van der Waals surface area contributed by atoms with Crippen LogP contribution in [0.4, 0.5) is 0 Å². The predicted octanol–water partition coefficient (Wildman–Crippen LogP) is 3.84. The predicted molar refractivity (Wildman–Crippen MR) is 98.4 cm³/mol. The van der Waals surface area contributed by atoms with E-state index in [0.717, 1.165) is 25.4 Å². The summed E-state index contributed by atoms with van der Waals surface area (Å²) in [5.41, 5.74) is 1.36. The van der Waals surface area contributed by atoms with Gasteiger partial charge in [-0.25, -0.2) is 0 Å². The van der Waals surface area contributed by atoms with Gasteiger partial charge in [0.2, 0.25) is 0 Å². The zero-order chi connectivity index (χ0) is 16.7. The van der Waals surface area contributed by atoms with Gasteiger partial charge in [-0.1, -0.05) is 36.0 Å². The summed E-state index contributed by atoms with van der Waals surface area (Å²) >= 11 is 1.79. The van der Waals surface area contributed by atoms with Gasteiger partial charge in [-0.15, -0.1) is 0 Å². The highest BCUT2D eigenvalue weighted by Crippen LogP contribution is 2.32. The van der Waals surface area contributed by atoms with Crippen molar-refractivity contribution < 1.29 is 4.74 Å². The lowest BCUT2D eigenvalue weighted by Crippen LogP contribution is -2.28. The summed E-state index contributed by atoms with van der Waals surface area (Å²) in [7, 11) is 8.11. The molecule has 0 bridgehead atoms. The third kappa shape index (κ3) is 5.90. The molecule has 3 nitrogen and oxygen atoms in total. The van der Waals surface area contributed by atoms with Gasteiger partial charge in [0.15, 0.2) is 0 Å². The monoisotopic (exact) mass is 330 g/mol. The Kier molecular flexibility index (Phi) is 6.96. The van der Waals surface area contributed by atoms with Crippen LogP contribution in [0.2, 0.25) is 0 Å². The number of rotatable bonds is 8. The van der Waals surface area contributed by atoms with E-state index in [1.54, 1.807) is 18.9 Å². The first-order valence-electron chi connectivity index (χ1n) is 7.81. The Bertz CT molecular complexity index is 616. The Morgan fingerprint density at radius 2 is 1.74 bits per heavy atom. The molecule has 0 aromatic heterocycles. The minimum atomic E-state index is 0.899. The number of likely N-dealkylation sites (N-methyl/N-ethyl adjacent to an activating group) is 2. The first kappa shape index (κ1) is 17.9. The van der Waals surface area contributed by atoms with Gasteiger partial charge in [-0.05, 0) is 51.0 Å². The third-order valence-electron chi connectivity index (χ3n) is 3.61. The van der Waals surface area contributed by atoms with Gasteiger partial charge >= 0.3 is 0 Å². The van der Waals surface area contributed by atoms with Crippen molar-refractivity contribution in [3.8, 4) is 5.75 Å². The molecule has 23 heavy (non-hydrogen) atoms. The van der Waals surface area contributed by atoms with Crippen LogP contribution in [0.1, 0.15) is 5.56 Å². The van der Waals surface area contributed by atoms with Crippen LogP contribution in [0, 0.1) is 0 Å². The number of benzene rings is 2. The minimum absolute atomic E-state index is 0.899. The smallest absolute Gasteiger partial charge is 0.119 e.